The van der Waals surface area contributed by atoms with Crippen LogP contribution in [0.25, 0.3) is 16.8 Å². The van der Waals surface area contributed by atoms with E-state index in [1.54, 1.807) is 4.68 Å². The second kappa shape index (κ2) is 8.92. The number of nitrogens with one attached hydrogen (secondary N) is 1. The van der Waals surface area contributed by atoms with Gasteiger partial charge in [-0.2, -0.15) is 0 Å². The average molecular weight is 412 g/mol. The van der Waals surface area contributed by atoms with Gasteiger partial charge in [0, 0.05) is 11.6 Å². The van der Waals surface area contributed by atoms with Crippen LogP contribution in [0.2, 0.25) is 0 Å². The van der Waals surface area contributed by atoms with Gasteiger partial charge in [-0.3, -0.25) is 4.79 Å². The van der Waals surface area contributed by atoms with Gasteiger partial charge >= 0.3 is 0 Å². The first-order valence-corrected chi connectivity index (χ1v) is 10.3. The highest BCUT2D eigenvalue weighted by Crippen LogP contribution is 2.24. The van der Waals surface area contributed by atoms with Gasteiger partial charge in [-0.15, -0.1) is 5.10 Å². The summed E-state index contributed by atoms with van der Waals surface area (Å²) in [4.78, 5) is 13.1. The maximum absolute atomic E-state index is 13.1. The van der Waals surface area contributed by atoms with Crippen LogP contribution in [0.5, 0.6) is 0 Å². The molecule has 1 amide bonds. The number of amides is 1. The van der Waals surface area contributed by atoms with Crippen LogP contribution in [0.15, 0.2) is 73.1 Å². The van der Waals surface area contributed by atoms with E-state index in [1.807, 2.05) is 25.1 Å². The molecule has 0 aliphatic rings. The van der Waals surface area contributed by atoms with Gasteiger partial charge in [-0.25, -0.2) is 4.68 Å². The van der Waals surface area contributed by atoms with Crippen LogP contribution in [0.4, 0.5) is 0 Å². The van der Waals surface area contributed by atoms with Crippen molar-refractivity contribution in [1.29, 1.82) is 0 Å². The number of nitrogens with zero attached hydrogens (tertiary/aromatic N) is 4. The zero-order valence-corrected chi connectivity index (χ0v) is 17.9. The van der Waals surface area contributed by atoms with E-state index in [0.29, 0.717) is 5.56 Å². The molecule has 1 aromatic heterocycles. The zero-order chi connectivity index (χ0) is 21.8. The predicted molar refractivity (Wildman–Crippen MR) is 121 cm³/mol. The van der Waals surface area contributed by atoms with Gasteiger partial charge in [0.1, 0.15) is 6.33 Å². The molecule has 1 N–H and O–H groups in total. The van der Waals surface area contributed by atoms with Crippen molar-refractivity contribution < 1.29 is 4.79 Å². The molecule has 156 valence electrons. The fourth-order valence-electron chi connectivity index (χ4n) is 3.50. The minimum atomic E-state index is -0.122. The highest BCUT2D eigenvalue weighted by molar-refractivity contribution is 5.96. The molecule has 6 nitrogen and oxygen atoms in total. The zero-order valence-electron chi connectivity index (χ0n) is 17.9. The average Bonchev–Trinajstić information content (AvgIpc) is 3.30. The van der Waals surface area contributed by atoms with Crippen LogP contribution in [0, 0.1) is 13.8 Å². The lowest BCUT2D eigenvalue weighted by Gasteiger charge is -2.16. The Bertz CT molecular complexity index is 1170. The number of tetrazole rings is 1. The van der Waals surface area contributed by atoms with E-state index < -0.39 is 0 Å². The monoisotopic (exact) mass is 411 g/mol. The first kappa shape index (κ1) is 20.5. The molecule has 0 bridgehead atoms. The molecule has 1 heterocycles. The number of aryl methyl sites for hydroxylation is 2. The standard InChI is InChI=1S/C25H25N5O/c1-17-4-8-20(9-5-17)12-19(3)27-25(31)23-13-22(21-10-6-18(2)7-11-21)14-24(15-23)30-16-26-28-29-30/h4-11,13-16,19H,12H2,1-3H3,(H,27,31). The lowest BCUT2D eigenvalue weighted by atomic mass is 10.00. The molecule has 31 heavy (non-hydrogen) atoms. The summed E-state index contributed by atoms with van der Waals surface area (Å²) in [5, 5.41) is 14.5. The largest absolute Gasteiger partial charge is 0.349 e. The van der Waals surface area contributed by atoms with E-state index in [2.05, 4.69) is 83.2 Å². The Morgan fingerprint density at radius 1 is 0.935 bits per heavy atom. The number of rotatable bonds is 6. The van der Waals surface area contributed by atoms with Gasteiger partial charge in [0.05, 0.1) is 5.69 Å². The van der Waals surface area contributed by atoms with E-state index in [1.165, 1.54) is 23.0 Å². The Hall–Kier alpha value is -3.80. The van der Waals surface area contributed by atoms with Crippen LogP contribution in [0.3, 0.4) is 0 Å². The molecular formula is C25H25N5O. The molecule has 1 unspecified atom stereocenters. The van der Waals surface area contributed by atoms with Crippen LogP contribution in [-0.2, 0) is 6.42 Å². The van der Waals surface area contributed by atoms with Crippen LogP contribution in [0.1, 0.15) is 34.0 Å². The number of aromatic nitrogens is 4. The summed E-state index contributed by atoms with van der Waals surface area (Å²) in [6.45, 7) is 6.14. The molecular weight excluding hydrogens is 386 g/mol. The van der Waals surface area contributed by atoms with Crippen molar-refractivity contribution in [3.05, 3.63) is 95.3 Å². The van der Waals surface area contributed by atoms with Crippen molar-refractivity contribution in [2.45, 2.75) is 33.2 Å². The quantitative estimate of drug-likeness (QED) is 0.513. The first-order chi connectivity index (χ1) is 15.0. The first-order valence-electron chi connectivity index (χ1n) is 10.3. The molecule has 0 aliphatic heterocycles. The number of carbonyl (C=O) groups is 1. The molecule has 6 heteroatoms. The summed E-state index contributed by atoms with van der Waals surface area (Å²) in [6, 6.07) is 22.3. The van der Waals surface area contributed by atoms with Crippen molar-refractivity contribution >= 4 is 5.91 Å². The highest BCUT2D eigenvalue weighted by Gasteiger charge is 2.14. The molecule has 0 fully saturated rings. The Balaban J connectivity index is 1.60. The molecule has 0 spiro atoms. The summed E-state index contributed by atoms with van der Waals surface area (Å²) in [6.07, 6.45) is 2.29. The molecule has 0 radical (unpaired) electrons. The van der Waals surface area contributed by atoms with E-state index in [0.717, 1.165) is 23.2 Å². The van der Waals surface area contributed by atoms with Crippen LogP contribution >= 0.6 is 0 Å². The number of carbonyl (C=O) groups excluding carboxylic acids is 1. The summed E-state index contributed by atoms with van der Waals surface area (Å²) in [5.74, 6) is -0.122. The Kier molecular flexibility index (Phi) is 5.89. The number of hydrogen-bond acceptors (Lipinski definition) is 4. The van der Waals surface area contributed by atoms with Crippen molar-refractivity contribution in [1.82, 2.24) is 25.5 Å². The maximum Gasteiger partial charge on any atom is 0.251 e. The Morgan fingerprint density at radius 3 is 2.26 bits per heavy atom. The van der Waals surface area contributed by atoms with E-state index in [9.17, 15) is 4.79 Å². The second-order valence-electron chi connectivity index (χ2n) is 7.95. The molecule has 4 aromatic rings. The summed E-state index contributed by atoms with van der Waals surface area (Å²) >= 11 is 0. The fourth-order valence-corrected chi connectivity index (χ4v) is 3.50. The lowest BCUT2D eigenvalue weighted by molar-refractivity contribution is 0.0940. The molecule has 0 saturated carbocycles. The van der Waals surface area contributed by atoms with Crippen molar-refractivity contribution in [2.75, 3.05) is 0 Å². The van der Waals surface area contributed by atoms with Gasteiger partial charge in [0.15, 0.2) is 0 Å². The predicted octanol–water partition coefficient (Wildman–Crippen LogP) is 4.31. The van der Waals surface area contributed by atoms with Gasteiger partial charge < -0.3 is 5.32 Å². The lowest BCUT2D eigenvalue weighted by Crippen LogP contribution is -2.34. The van der Waals surface area contributed by atoms with E-state index in [4.69, 9.17) is 0 Å². The molecule has 1 atom stereocenters. The Morgan fingerprint density at radius 2 is 1.61 bits per heavy atom. The normalized spacial score (nSPS) is 11.8. The maximum atomic E-state index is 13.1. The van der Waals surface area contributed by atoms with Gasteiger partial charge in [-0.1, -0.05) is 59.7 Å². The van der Waals surface area contributed by atoms with Gasteiger partial charge in [0.2, 0.25) is 0 Å². The molecule has 0 aliphatic carbocycles. The summed E-state index contributed by atoms with van der Waals surface area (Å²) < 4.78 is 1.56. The van der Waals surface area contributed by atoms with Crippen molar-refractivity contribution in [2.24, 2.45) is 0 Å². The SMILES string of the molecule is Cc1ccc(CC(C)NC(=O)c2cc(-c3ccc(C)cc3)cc(-n3cnnn3)c2)cc1. The number of hydrogen-bond donors (Lipinski definition) is 1. The van der Waals surface area contributed by atoms with E-state index in [-0.39, 0.29) is 11.9 Å². The summed E-state index contributed by atoms with van der Waals surface area (Å²) in [7, 11) is 0. The smallest absolute Gasteiger partial charge is 0.251 e. The minimum Gasteiger partial charge on any atom is -0.349 e. The minimum absolute atomic E-state index is 0.00489. The topological polar surface area (TPSA) is 72.7 Å². The van der Waals surface area contributed by atoms with Crippen LogP contribution < -0.4 is 5.32 Å². The van der Waals surface area contributed by atoms with Gasteiger partial charge in [0.25, 0.3) is 5.91 Å². The molecule has 0 saturated heterocycles. The van der Waals surface area contributed by atoms with Crippen LogP contribution in [-0.4, -0.2) is 32.2 Å². The third kappa shape index (κ3) is 5.04. The summed E-state index contributed by atoms with van der Waals surface area (Å²) in [5.41, 5.74) is 6.87. The van der Waals surface area contributed by atoms with E-state index >= 15 is 0 Å². The fraction of sp³-hybridized carbons (Fsp3) is 0.200. The third-order valence-corrected chi connectivity index (χ3v) is 5.22. The number of benzene rings is 3. The highest BCUT2D eigenvalue weighted by atomic mass is 16.1. The molecule has 4 rings (SSSR count). The van der Waals surface area contributed by atoms with Gasteiger partial charge in [-0.05, 0) is 72.5 Å². The Labute approximate surface area is 181 Å². The molecule has 3 aromatic carbocycles. The van der Waals surface area contributed by atoms with Crippen molar-refractivity contribution in [3.8, 4) is 16.8 Å². The van der Waals surface area contributed by atoms with Crippen molar-refractivity contribution in [3.63, 3.8) is 0 Å². The second-order valence-corrected chi connectivity index (χ2v) is 7.95. The third-order valence-electron chi connectivity index (χ3n) is 5.22.